The summed E-state index contributed by atoms with van der Waals surface area (Å²) in [6.07, 6.45) is -2.78. The zero-order valence-electron chi connectivity index (χ0n) is 12.5. The van der Waals surface area contributed by atoms with Gasteiger partial charge in [-0.05, 0) is 30.3 Å². The average molecular weight is 358 g/mol. The Hall–Kier alpha value is -2.12. The number of alkyl halides is 3. The van der Waals surface area contributed by atoms with E-state index in [0.29, 0.717) is 13.1 Å². The molecule has 4 nitrogen and oxygen atoms in total. The summed E-state index contributed by atoms with van der Waals surface area (Å²) in [5, 5.41) is 5.06. The Morgan fingerprint density at radius 2 is 2.00 bits per heavy atom. The summed E-state index contributed by atoms with van der Waals surface area (Å²) in [7, 11) is 0. The van der Waals surface area contributed by atoms with Gasteiger partial charge in [0.15, 0.2) is 0 Å². The first kappa shape index (κ1) is 18.2. The van der Waals surface area contributed by atoms with Crippen LogP contribution in [0.5, 0.6) is 0 Å². The molecule has 0 aliphatic rings. The Labute approximate surface area is 142 Å². The highest BCUT2D eigenvalue weighted by Crippen LogP contribution is 2.36. The van der Waals surface area contributed by atoms with Crippen molar-refractivity contribution >= 4 is 23.2 Å². The van der Waals surface area contributed by atoms with Crippen molar-refractivity contribution in [2.45, 2.75) is 19.1 Å². The number of rotatable bonds is 6. The number of carbonyl (C=O) groups excluding carboxylic acids is 1. The average Bonchev–Trinajstić information content (AvgIpc) is 2.53. The van der Waals surface area contributed by atoms with Crippen LogP contribution in [-0.2, 0) is 17.5 Å². The third-order valence-electron chi connectivity index (χ3n) is 3.12. The molecule has 128 valence electrons. The molecule has 0 saturated heterocycles. The summed E-state index contributed by atoms with van der Waals surface area (Å²) in [4.78, 5) is 15.9. The van der Waals surface area contributed by atoms with Crippen LogP contribution < -0.4 is 10.6 Å². The van der Waals surface area contributed by atoms with E-state index in [9.17, 15) is 18.0 Å². The fraction of sp³-hybridized carbons (Fsp3) is 0.250. The van der Waals surface area contributed by atoms with Gasteiger partial charge < -0.3 is 10.6 Å². The van der Waals surface area contributed by atoms with Crippen molar-refractivity contribution in [3.05, 3.63) is 58.9 Å². The number of halogens is 4. The predicted octanol–water partition coefficient (Wildman–Crippen LogP) is 3.87. The van der Waals surface area contributed by atoms with Gasteiger partial charge in [0.1, 0.15) is 0 Å². The number of anilines is 1. The van der Waals surface area contributed by atoms with E-state index in [4.69, 9.17) is 11.6 Å². The molecular weight excluding hydrogens is 343 g/mol. The lowest BCUT2D eigenvalue weighted by atomic mass is 10.2. The van der Waals surface area contributed by atoms with Gasteiger partial charge in [0, 0.05) is 31.4 Å². The van der Waals surface area contributed by atoms with Crippen molar-refractivity contribution in [3.8, 4) is 0 Å². The van der Waals surface area contributed by atoms with Crippen molar-refractivity contribution in [2.75, 3.05) is 11.9 Å². The molecule has 1 heterocycles. The van der Waals surface area contributed by atoms with E-state index >= 15 is 0 Å². The van der Waals surface area contributed by atoms with Gasteiger partial charge in [0.05, 0.1) is 16.3 Å². The van der Waals surface area contributed by atoms with Crippen LogP contribution in [0.4, 0.5) is 18.9 Å². The van der Waals surface area contributed by atoms with Gasteiger partial charge in [-0.25, -0.2) is 0 Å². The van der Waals surface area contributed by atoms with Gasteiger partial charge in [-0.3, -0.25) is 9.78 Å². The lowest BCUT2D eigenvalue weighted by molar-refractivity contribution is -0.137. The number of carbonyl (C=O) groups is 1. The van der Waals surface area contributed by atoms with Gasteiger partial charge in [-0.2, -0.15) is 13.2 Å². The Kier molecular flexibility index (Phi) is 6.16. The van der Waals surface area contributed by atoms with Crippen molar-refractivity contribution in [2.24, 2.45) is 0 Å². The Balaban J connectivity index is 1.82. The fourth-order valence-corrected chi connectivity index (χ4v) is 2.19. The highest BCUT2D eigenvalue weighted by molar-refractivity contribution is 6.31. The van der Waals surface area contributed by atoms with Crippen molar-refractivity contribution < 1.29 is 18.0 Å². The van der Waals surface area contributed by atoms with Crippen LogP contribution in [0.3, 0.4) is 0 Å². The molecule has 0 fully saturated rings. The zero-order chi connectivity index (χ0) is 17.6. The molecular formula is C16H15ClF3N3O. The second-order valence-electron chi connectivity index (χ2n) is 4.99. The molecule has 0 aliphatic heterocycles. The monoisotopic (exact) mass is 357 g/mol. The molecule has 24 heavy (non-hydrogen) atoms. The van der Waals surface area contributed by atoms with Crippen LogP contribution in [0.2, 0.25) is 5.02 Å². The van der Waals surface area contributed by atoms with E-state index in [0.717, 1.165) is 17.8 Å². The zero-order valence-corrected chi connectivity index (χ0v) is 13.3. The summed E-state index contributed by atoms with van der Waals surface area (Å²) in [5.41, 5.74) is -0.0814. The van der Waals surface area contributed by atoms with Gasteiger partial charge in [0.25, 0.3) is 0 Å². The molecule has 0 spiro atoms. The van der Waals surface area contributed by atoms with Crippen LogP contribution >= 0.6 is 11.6 Å². The number of amides is 1. The van der Waals surface area contributed by atoms with Crippen LogP contribution in [-0.4, -0.2) is 17.4 Å². The van der Waals surface area contributed by atoms with E-state index in [2.05, 4.69) is 15.6 Å². The molecule has 0 radical (unpaired) electrons. The lowest BCUT2D eigenvalue weighted by Crippen LogP contribution is -2.22. The minimum Gasteiger partial charge on any atom is -0.326 e. The Bertz CT molecular complexity index is 693. The van der Waals surface area contributed by atoms with Gasteiger partial charge in [-0.15, -0.1) is 0 Å². The van der Waals surface area contributed by atoms with Crippen molar-refractivity contribution in [1.29, 1.82) is 0 Å². The summed E-state index contributed by atoms with van der Waals surface area (Å²) >= 11 is 5.53. The standard InChI is InChI=1S/C16H15ClF3N3O/c17-14-5-4-11(9-13(14)16(18,19)20)23-15(24)6-8-21-10-12-3-1-2-7-22-12/h1-5,7,9,21H,6,8,10H2,(H,23,24). The lowest BCUT2D eigenvalue weighted by Gasteiger charge is -2.12. The highest BCUT2D eigenvalue weighted by Gasteiger charge is 2.33. The van der Waals surface area contributed by atoms with Gasteiger partial charge in [0.2, 0.25) is 5.91 Å². The van der Waals surface area contributed by atoms with Crippen molar-refractivity contribution in [1.82, 2.24) is 10.3 Å². The topological polar surface area (TPSA) is 54.0 Å². The molecule has 2 N–H and O–H groups in total. The SMILES string of the molecule is O=C(CCNCc1ccccn1)Nc1ccc(Cl)c(C(F)(F)F)c1. The van der Waals surface area contributed by atoms with Crippen LogP contribution in [0.15, 0.2) is 42.6 Å². The maximum atomic E-state index is 12.8. The first-order valence-electron chi connectivity index (χ1n) is 7.13. The third-order valence-corrected chi connectivity index (χ3v) is 3.45. The maximum absolute atomic E-state index is 12.8. The van der Waals surface area contributed by atoms with Crippen LogP contribution in [0.1, 0.15) is 17.7 Å². The number of aromatic nitrogens is 1. The van der Waals surface area contributed by atoms with E-state index in [1.807, 2.05) is 12.1 Å². The molecule has 1 aromatic carbocycles. The summed E-state index contributed by atoms with van der Waals surface area (Å²) in [6.45, 7) is 0.884. The molecule has 0 aliphatic carbocycles. The van der Waals surface area contributed by atoms with E-state index in [1.165, 1.54) is 6.07 Å². The third kappa shape index (κ3) is 5.50. The van der Waals surface area contributed by atoms with E-state index < -0.39 is 16.8 Å². The molecule has 1 amide bonds. The number of benzene rings is 1. The number of pyridine rings is 1. The minimum absolute atomic E-state index is 0.0569. The second kappa shape index (κ2) is 8.12. The quantitative estimate of drug-likeness (QED) is 0.772. The molecule has 8 heteroatoms. The smallest absolute Gasteiger partial charge is 0.326 e. The molecule has 2 rings (SSSR count). The number of hydrogen-bond acceptors (Lipinski definition) is 3. The molecule has 0 unspecified atom stereocenters. The molecule has 0 bridgehead atoms. The molecule has 1 aromatic heterocycles. The minimum atomic E-state index is -4.57. The number of hydrogen-bond donors (Lipinski definition) is 2. The predicted molar refractivity (Wildman–Crippen MR) is 85.6 cm³/mol. The number of nitrogens with one attached hydrogen (secondary N) is 2. The summed E-state index contributed by atoms with van der Waals surface area (Å²) in [6, 6.07) is 8.77. The Morgan fingerprint density at radius 1 is 1.21 bits per heavy atom. The highest BCUT2D eigenvalue weighted by atomic mass is 35.5. The first-order valence-corrected chi connectivity index (χ1v) is 7.51. The van der Waals surface area contributed by atoms with E-state index in [-0.39, 0.29) is 18.0 Å². The fourth-order valence-electron chi connectivity index (χ4n) is 1.96. The molecule has 0 atom stereocenters. The normalized spacial score (nSPS) is 11.3. The second-order valence-corrected chi connectivity index (χ2v) is 5.40. The van der Waals surface area contributed by atoms with Crippen LogP contribution in [0.25, 0.3) is 0 Å². The molecule has 2 aromatic rings. The van der Waals surface area contributed by atoms with Gasteiger partial charge >= 0.3 is 6.18 Å². The van der Waals surface area contributed by atoms with Crippen molar-refractivity contribution in [3.63, 3.8) is 0 Å². The Morgan fingerprint density at radius 3 is 2.67 bits per heavy atom. The summed E-state index contributed by atoms with van der Waals surface area (Å²) < 4.78 is 38.3. The van der Waals surface area contributed by atoms with Crippen LogP contribution in [0, 0.1) is 0 Å². The van der Waals surface area contributed by atoms with E-state index in [1.54, 1.807) is 12.3 Å². The van der Waals surface area contributed by atoms with Gasteiger partial charge in [-0.1, -0.05) is 17.7 Å². The number of nitrogens with zero attached hydrogens (tertiary/aromatic N) is 1. The largest absolute Gasteiger partial charge is 0.417 e. The maximum Gasteiger partial charge on any atom is 0.417 e. The first-order chi connectivity index (χ1) is 11.4. The summed E-state index contributed by atoms with van der Waals surface area (Å²) in [5.74, 6) is -0.390. The molecule has 0 saturated carbocycles.